The number of carbonyl (C=O) groups excluding carboxylic acids is 2. The molecule has 0 aromatic carbocycles. The molecule has 10 heteroatoms. The van der Waals surface area contributed by atoms with Crippen molar-refractivity contribution in [3.05, 3.63) is 0 Å². The number of carbonyl (C=O) groups is 2. The van der Waals surface area contributed by atoms with Crippen LogP contribution >= 0.6 is 0 Å². The van der Waals surface area contributed by atoms with Crippen LogP contribution in [0.2, 0.25) is 0 Å². The molecule has 0 aromatic rings. The number of rotatable bonds is 4. The summed E-state index contributed by atoms with van der Waals surface area (Å²) in [6.45, 7) is 0. The highest BCUT2D eigenvalue weighted by molar-refractivity contribution is 7.91. The van der Waals surface area contributed by atoms with E-state index in [4.69, 9.17) is 0 Å². The van der Waals surface area contributed by atoms with Crippen LogP contribution in [-0.2, 0) is 29.3 Å². The molecule has 3 rings (SSSR count). The van der Waals surface area contributed by atoms with Crippen LogP contribution in [0.4, 0.5) is 0 Å². The number of nitrogens with one attached hydrogen (secondary N) is 2. The van der Waals surface area contributed by atoms with E-state index in [1.54, 1.807) is 0 Å². The maximum Gasteiger partial charge on any atom is 0.223 e. The first-order chi connectivity index (χ1) is 12.1. The quantitative estimate of drug-likeness (QED) is 0.642. The molecule has 0 aromatic heterocycles. The predicted octanol–water partition coefficient (Wildman–Crippen LogP) is -0.601. The summed E-state index contributed by atoms with van der Waals surface area (Å²) in [5, 5.41) is 5.66. The summed E-state index contributed by atoms with van der Waals surface area (Å²) < 4.78 is 45.9. The maximum absolute atomic E-state index is 12.3. The van der Waals surface area contributed by atoms with E-state index < -0.39 is 19.7 Å². The first-order valence-electron chi connectivity index (χ1n) is 9.15. The summed E-state index contributed by atoms with van der Waals surface area (Å²) >= 11 is 0. The van der Waals surface area contributed by atoms with Crippen molar-refractivity contribution in [2.75, 3.05) is 23.0 Å². The van der Waals surface area contributed by atoms with Gasteiger partial charge in [-0.25, -0.2) is 16.8 Å². The van der Waals surface area contributed by atoms with Gasteiger partial charge in [-0.1, -0.05) is 0 Å². The van der Waals surface area contributed by atoms with Crippen LogP contribution in [0.15, 0.2) is 0 Å². The van der Waals surface area contributed by atoms with Gasteiger partial charge < -0.3 is 10.6 Å². The summed E-state index contributed by atoms with van der Waals surface area (Å²) in [6, 6.07) is -0.587. The van der Waals surface area contributed by atoms with Gasteiger partial charge in [-0.05, 0) is 38.5 Å². The summed E-state index contributed by atoms with van der Waals surface area (Å²) in [4.78, 5) is 24.6. The fourth-order valence-electron chi connectivity index (χ4n) is 4.07. The zero-order valence-corrected chi connectivity index (χ0v) is 16.3. The molecule has 2 atom stereocenters. The second-order valence-corrected chi connectivity index (χ2v) is 12.2. The van der Waals surface area contributed by atoms with Gasteiger partial charge in [0.25, 0.3) is 0 Å². The normalized spacial score (nSPS) is 35.7. The van der Waals surface area contributed by atoms with Gasteiger partial charge in [0.05, 0.1) is 23.0 Å². The van der Waals surface area contributed by atoms with E-state index in [0.717, 1.165) is 0 Å². The summed E-state index contributed by atoms with van der Waals surface area (Å²) in [5.41, 5.74) is 0. The molecule has 2 heterocycles. The van der Waals surface area contributed by atoms with Gasteiger partial charge in [-0.2, -0.15) is 0 Å². The van der Waals surface area contributed by atoms with Crippen LogP contribution in [0, 0.1) is 11.8 Å². The molecule has 0 unspecified atom stereocenters. The minimum absolute atomic E-state index is 0.0147. The van der Waals surface area contributed by atoms with Gasteiger partial charge in [0.2, 0.25) is 11.8 Å². The molecule has 8 nitrogen and oxygen atoms in total. The van der Waals surface area contributed by atoms with Crippen molar-refractivity contribution in [3.8, 4) is 0 Å². The molecule has 1 saturated carbocycles. The lowest BCUT2D eigenvalue weighted by molar-refractivity contribution is -0.131. The first kappa shape index (κ1) is 19.6. The highest BCUT2D eigenvalue weighted by atomic mass is 32.2. The second kappa shape index (κ2) is 7.46. The Kier molecular flexibility index (Phi) is 5.62. The third-order valence-electron chi connectivity index (χ3n) is 5.63. The van der Waals surface area contributed by atoms with E-state index in [2.05, 4.69) is 10.6 Å². The van der Waals surface area contributed by atoms with Gasteiger partial charge in [0, 0.05) is 23.9 Å². The third kappa shape index (κ3) is 4.97. The summed E-state index contributed by atoms with van der Waals surface area (Å²) in [6.07, 6.45) is 3.30. The molecule has 2 saturated heterocycles. The molecular weight excluding hydrogens is 380 g/mol. The van der Waals surface area contributed by atoms with Crippen molar-refractivity contribution >= 4 is 31.5 Å². The van der Waals surface area contributed by atoms with Crippen molar-refractivity contribution in [2.24, 2.45) is 11.8 Å². The molecule has 0 bridgehead atoms. The Hall–Kier alpha value is -1.16. The van der Waals surface area contributed by atoms with Crippen molar-refractivity contribution < 1.29 is 26.4 Å². The average Bonchev–Trinajstić information content (AvgIpc) is 3.08. The molecule has 1 aliphatic carbocycles. The standard InChI is InChI=1S/C16H26N2O6S2/c19-15(17-13-5-7-25(21,22)9-13)11-1-2-12(4-3-11)16(20)18-14-6-8-26(23,24)10-14/h11-14H,1-10H2,(H,17,19)(H,18,20)/t11?,12?,13-,14+. The van der Waals surface area contributed by atoms with Crippen molar-refractivity contribution in [1.82, 2.24) is 10.6 Å². The zero-order chi connectivity index (χ0) is 18.9. The minimum atomic E-state index is -3.02. The topological polar surface area (TPSA) is 126 Å². The van der Waals surface area contributed by atoms with Gasteiger partial charge in [0.15, 0.2) is 19.7 Å². The molecule has 2 amide bonds. The molecule has 0 radical (unpaired) electrons. The highest BCUT2D eigenvalue weighted by Crippen LogP contribution is 2.30. The largest absolute Gasteiger partial charge is 0.352 e. The van der Waals surface area contributed by atoms with Crippen LogP contribution in [-0.4, -0.2) is 63.7 Å². The Morgan fingerprint density at radius 3 is 1.23 bits per heavy atom. The summed E-state index contributed by atoms with van der Waals surface area (Å²) in [5.74, 6) is -0.324. The molecule has 148 valence electrons. The van der Waals surface area contributed by atoms with Gasteiger partial charge in [-0.3, -0.25) is 9.59 Å². The smallest absolute Gasteiger partial charge is 0.223 e. The number of sulfone groups is 2. The van der Waals surface area contributed by atoms with E-state index in [0.29, 0.717) is 38.5 Å². The average molecular weight is 407 g/mol. The van der Waals surface area contributed by atoms with E-state index >= 15 is 0 Å². The molecule has 3 fully saturated rings. The second-order valence-electron chi connectivity index (χ2n) is 7.77. The predicted molar refractivity (Wildman–Crippen MR) is 95.9 cm³/mol. The third-order valence-corrected chi connectivity index (χ3v) is 9.16. The van der Waals surface area contributed by atoms with E-state index in [1.165, 1.54) is 0 Å². The Labute approximate surface area is 154 Å². The van der Waals surface area contributed by atoms with E-state index in [-0.39, 0.29) is 58.7 Å². The Balaban J connectivity index is 1.42. The van der Waals surface area contributed by atoms with E-state index in [9.17, 15) is 26.4 Å². The molecule has 0 spiro atoms. The van der Waals surface area contributed by atoms with Crippen LogP contribution < -0.4 is 10.6 Å². The van der Waals surface area contributed by atoms with Crippen molar-refractivity contribution in [3.63, 3.8) is 0 Å². The number of hydrogen-bond acceptors (Lipinski definition) is 6. The molecule has 3 aliphatic rings. The van der Waals surface area contributed by atoms with Crippen LogP contribution in [0.1, 0.15) is 38.5 Å². The molecular formula is C16H26N2O6S2. The van der Waals surface area contributed by atoms with Crippen LogP contribution in [0.5, 0.6) is 0 Å². The Bertz CT molecular complexity index is 703. The maximum atomic E-state index is 12.3. The monoisotopic (exact) mass is 406 g/mol. The highest BCUT2D eigenvalue weighted by Gasteiger charge is 2.35. The zero-order valence-electron chi connectivity index (χ0n) is 14.6. The fraction of sp³-hybridized carbons (Fsp3) is 0.875. The van der Waals surface area contributed by atoms with Gasteiger partial charge in [-0.15, -0.1) is 0 Å². The number of hydrogen-bond donors (Lipinski definition) is 2. The number of amides is 2. The first-order valence-corrected chi connectivity index (χ1v) is 12.8. The lowest BCUT2D eigenvalue weighted by atomic mass is 9.81. The summed E-state index contributed by atoms with van der Waals surface area (Å²) in [7, 11) is -6.04. The fourth-order valence-corrected chi connectivity index (χ4v) is 7.42. The lowest BCUT2D eigenvalue weighted by Gasteiger charge is -2.28. The van der Waals surface area contributed by atoms with Crippen molar-refractivity contribution in [2.45, 2.75) is 50.6 Å². The van der Waals surface area contributed by atoms with Gasteiger partial charge in [0.1, 0.15) is 0 Å². The van der Waals surface area contributed by atoms with Crippen LogP contribution in [0.25, 0.3) is 0 Å². The minimum Gasteiger partial charge on any atom is -0.352 e. The SMILES string of the molecule is O=C(N[C@@H]1CCS(=O)(=O)C1)C1CCC(C(=O)N[C@H]2CCS(=O)(=O)C2)CC1. The van der Waals surface area contributed by atoms with Crippen LogP contribution in [0.3, 0.4) is 0 Å². The van der Waals surface area contributed by atoms with E-state index in [1.807, 2.05) is 0 Å². The molecule has 2 aliphatic heterocycles. The molecule has 2 N–H and O–H groups in total. The Morgan fingerprint density at radius 1 is 0.615 bits per heavy atom. The van der Waals surface area contributed by atoms with Crippen molar-refractivity contribution in [1.29, 1.82) is 0 Å². The Morgan fingerprint density at radius 2 is 0.962 bits per heavy atom. The molecule has 26 heavy (non-hydrogen) atoms. The lowest BCUT2D eigenvalue weighted by Crippen LogP contribution is -2.43. The van der Waals surface area contributed by atoms with Gasteiger partial charge >= 0.3 is 0 Å².